The number of imidazole rings is 1. The van der Waals surface area contributed by atoms with Gasteiger partial charge in [-0.15, -0.1) is 0 Å². The molecule has 0 atom stereocenters. The van der Waals surface area contributed by atoms with Crippen molar-refractivity contribution in [1.29, 1.82) is 0 Å². The summed E-state index contributed by atoms with van der Waals surface area (Å²) in [6.07, 6.45) is 5.46. The third kappa shape index (κ3) is 4.29. The van der Waals surface area contributed by atoms with Crippen LogP contribution in [0.15, 0.2) is 35.5 Å². The normalized spacial score (nSPS) is 11.7. The summed E-state index contributed by atoms with van der Waals surface area (Å²) < 4.78 is 35.8. The summed E-state index contributed by atoms with van der Waals surface area (Å²) in [6, 6.07) is 5.36. The number of methoxy groups -OCH3 is 1. The van der Waals surface area contributed by atoms with E-state index in [1.807, 2.05) is 10.6 Å². The highest BCUT2D eigenvalue weighted by Crippen LogP contribution is 2.32. The van der Waals surface area contributed by atoms with Crippen LogP contribution in [0.3, 0.4) is 0 Å². The molecule has 2 heterocycles. The second-order valence-corrected chi connectivity index (χ2v) is 8.91. The number of aryl methyl sites for hydroxylation is 2. The zero-order valence-electron chi connectivity index (χ0n) is 17.1. The van der Waals surface area contributed by atoms with Crippen LogP contribution in [0.25, 0.3) is 22.2 Å². The lowest BCUT2D eigenvalue weighted by Gasteiger charge is -2.13. The summed E-state index contributed by atoms with van der Waals surface area (Å²) in [5.41, 5.74) is 3.11. The summed E-state index contributed by atoms with van der Waals surface area (Å²) >= 11 is 0. The molecule has 0 aliphatic rings. The van der Waals surface area contributed by atoms with Gasteiger partial charge < -0.3 is 13.9 Å². The first kappa shape index (κ1) is 20.9. The first-order valence-electron chi connectivity index (χ1n) is 9.54. The number of aromatic nitrogens is 3. The van der Waals surface area contributed by atoms with Gasteiger partial charge in [0.2, 0.25) is 10.0 Å². The molecular weight excluding hydrogens is 392 g/mol. The number of pyridine rings is 1. The fraction of sp³-hybridized carbons (Fsp3) is 0.400. The van der Waals surface area contributed by atoms with E-state index in [2.05, 4.69) is 16.6 Å². The molecule has 0 amide bonds. The molecule has 0 aliphatic heterocycles. The Morgan fingerprint density at radius 2 is 1.93 bits per heavy atom. The van der Waals surface area contributed by atoms with E-state index >= 15 is 0 Å². The Balaban J connectivity index is 2.24. The van der Waals surface area contributed by atoms with E-state index in [0.29, 0.717) is 11.2 Å². The van der Waals surface area contributed by atoms with Gasteiger partial charge in [0.25, 0.3) is 5.56 Å². The van der Waals surface area contributed by atoms with Gasteiger partial charge in [0.1, 0.15) is 5.52 Å². The van der Waals surface area contributed by atoms with Crippen molar-refractivity contribution >= 4 is 26.7 Å². The van der Waals surface area contributed by atoms with Crippen LogP contribution >= 0.6 is 0 Å². The number of anilines is 1. The lowest BCUT2D eigenvalue weighted by Crippen LogP contribution is -2.18. The summed E-state index contributed by atoms with van der Waals surface area (Å²) in [7, 11) is -0.377. The maximum atomic E-state index is 12.2. The largest absolute Gasteiger partial charge is 0.491 e. The number of nitrogens with zero attached hydrogens (tertiary/aromatic N) is 3. The molecular formula is C20H26N4O4S. The summed E-state index contributed by atoms with van der Waals surface area (Å²) in [5.74, 6) is 0.184. The van der Waals surface area contributed by atoms with Crippen molar-refractivity contribution in [3.63, 3.8) is 0 Å². The number of sulfonamides is 1. The first-order valence-corrected chi connectivity index (χ1v) is 11.2. The van der Waals surface area contributed by atoms with E-state index in [4.69, 9.17) is 4.74 Å². The van der Waals surface area contributed by atoms with Gasteiger partial charge in [-0.3, -0.25) is 9.52 Å². The third-order valence-electron chi connectivity index (χ3n) is 4.83. The minimum Gasteiger partial charge on any atom is -0.491 e. The van der Waals surface area contributed by atoms with Crippen molar-refractivity contribution in [2.75, 3.05) is 17.6 Å². The SMILES string of the molecule is CCCCn1cnc2c(NS(=O)(=O)CC)cc(-c3cc(OC)c(=O)n(C)c3)cc21. The maximum absolute atomic E-state index is 12.2. The van der Waals surface area contributed by atoms with Crippen molar-refractivity contribution in [1.82, 2.24) is 14.1 Å². The van der Waals surface area contributed by atoms with Crippen molar-refractivity contribution in [2.45, 2.75) is 33.2 Å². The van der Waals surface area contributed by atoms with Gasteiger partial charge in [-0.05, 0) is 37.1 Å². The monoisotopic (exact) mass is 418 g/mol. The average Bonchev–Trinajstić information content (AvgIpc) is 3.11. The number of fused-ring (bicyclic) bond motifs is 1. The van der Waals surface area contributed by atoms with Crippen molar-refractivity contribution in [3.05, 3.63) is 41.1 Å². The van der Waals surface area contributed by atoms with Gasteiger partial charge in [0.05, 0.1) is 30.4 Å². The molecule has 0 radical (unpaired) electrons. The molecule has 156 valence electrons. The smallest absolute Gasteiger partial charge is 0.292 e. The molecule has 1 aromatic carbocycles. The zero-order chi connectivity index (χ0) is 21.2. The van der Waals surface area contributed by atoms with E-state index in [-0.39, 0.29) is 17.1 Å². The van der Waals surface area contributed by atoms with Crippen LogP contribution in [0.5, 0.6) is 5.75 Å². The van der Waals surface area contributed by atoms with Crippen LogP contribution in [0.4, 0.5) is 5.69 Å². The van der Waals surface area contributed by atoms with E-state index in [9.17, 15) is 13.2 Å². The highest BCUT2D eigenvalue weighted by atomic mass is 32.2. The number of nitrogens with one attached hydrogen (secondary N) is 1. The van der Waals surface area contributed by atoms with Crippen LogP contribution in [0.2, 0.25) is 0 Å². The van der Waals surface area contributed by atoms with Crippen molar-refractivity contribution < 1.29 is 13.2 Å². The Labute approximate surface area is 170 Å². The molecule has 9 heteroatoms. The fourth-order valence-electron chi connectivity index (χ4n) is 3.14. The molecule has 3 aromatic rings. The van der Waals surface area contributed by atoms with Crippen molar-refractivity contribution in [3.8, 4) is 16.9 Å². The zero-order valence-corrected chi connectivity index (χ0v) is 17.9. The predicted octanol–water partition coefficient (Wildman–Crippen LogP) is 2.97. The third-order valence-corrected chi connectivity index (χ3v) is 6.12. The van der Waals surface area contributed by atoms with Gasteiger partial charge in [-0.1, -0.05) is 13.3 Å². The molecule has 3 rings (SSSR count). The predicted molar refractivity (Wildman–Crippen MR) is 115 cm³/mol. The first-order chi connectivity index (χ1) is 13.8. The number of benzene rings is 1. The minimum absolute atomic E-state index is 0.0388. The molecule has 8 nitrogen and oxygen atoms in total. The fourth-order valence-corrected chi connectivity index (χ4v) is 3.77. The molecule has 0 saturated carbocycles. The minimum atomic E-state index is -3.48. The highest BCUT2D eigenvalue weighted by Gasteiger charge is 2.16. The molecule has 0 aliphatic carbocycles. The van der Waals surface area contributed by atoms with Crippen LogP contribution in [0, 0.1) is 0 Å². The Morgan fingerprint density at radius 3 is 2.59 bits per heavy atom. The summed E-state index contributed by atoms with van der Waals surface area (Å²) in [4.78, 5) is 16.6. The Morgan fingerprint density at radius 1 is 1.17 bits per heavy atom. The number of hydrogen-bond acceptors (Lipinski definition) is 5. The molecule has 0 spiro atoms. The van der Waals surface area contributed by atoms with Gasteiger partial charge in [-0.25, -0.2) is 13.4 Å². The Hall–Kier alpha value is -2.81. The van der Waals surface area contributed by atoms with Gasteiger partial charge in [-0.2, -0.15) is 0 Å². The standard InChI is InChI=1S/C20H26N4O4S/c1-5-7-8-24-13-21-19-16(22-29(26,27)6-2)9-14(10-17(19)24)15-11-18(28-4)20(25)23(3)12-15/h9-13,22H,5-8H2,1-4H3. The molecule has 2 aromatic heterocycles. The second kappa shape index (κ2) is 8.28. The number of ether oxygens (including phenoxy) is 1. The molecule has 0 saturated heterocycles. The van der Waals surface area contributed by atoms with Crippen LogP contribution in [-0.4, -0.2) is 35.4 Å². The van der Waals surface area contributed by atoms with Crippen LogP contribution in [-0.2, 0) is 23.6 Å². The van der Waals surface area contributed by atoms with E-state index in [1.54, 1.807) is 38.6 Å². The Bertz CT molecular complexity index is 1200. The quantitative estimate of drug-likeness (QED) is 0.607. The van der Waals surface area contributed by atoms with Crippen molar-refractivity contribution in [2.24, 2.45) is 7.05 Å². The van der Waals surface area contributed by atoms with Gasteiger partial charge >= 0.3 is 0 Å². The summed E-state index contributed by atoms with van der Waals surface area (Å²) in [5, 5.41) is 0. The van der Waals surface area contributed by atoms with Crippen LogP contribution < -0.4 is 15.0 Å². The number of rotatable bonds is 8. The lowest BCUT2D eigenvalue weighted by molar-refractivity contribution is 0.405. The number of unbranched alkanes of at least 4 members (excludes halogenated alkanes) is 1. The maximum Gasteiger partial charge on any atom is 0.292 e. The molecule has 29 heavy (non-hydrogen) atoms. The van der Waals surface area contributed by atoms with Gasteiger partial charge in [0.15, 0.2) is 5.75 Å². The average molecular weight is 419 g/mol. The second-order valence-electron chi connectivity index (χ2n) is 6.90. The summed E-state index contributed by atoms with van der Waals surface area (Å²) in [6.45, 7) is 4.48. The van der Waals surface area contributed by atoms with E-state index in [1.165, 1.54) is 11.7 Å². The van der Waals surface area contributed by atoms with Gasteiger partial charge in [0, 0.05) is 25.4 Å². The van der Waals surface area contributed by atoms with Crippen LogP contribution in [0.1, 0.15) is 26.7 Å². The molecule has 0 bridgehead atoms. The molecule has 0 unspecified atom stereocenters. The number of hydrogen-bond donors (Lipinski definition) is 1. The molecule has 1 N–H and O–H groups in total. The Kier molecular flexibility index (Phi) is 5.97. The molecule has 0 fully saturated rings. The highest BCUT2D eigenvalue weighted by molar-refractivity contribution is 7.92. The van der Waals surface area contributed by atoms with E-state index in [0.717, 1.165) is 36.0 Å². The van der Waals surface area contributed by atoms with E-state index < -0.39 is 10.0 Å². The topological polar surface area (TPSA) is 95.2 Å². The lowest BCUT2D eigenvalue weighted by atomic mass is 10.1.